The smallest absolute Gasteiger partial charge is 0.411 e. The van der Waals surface area contributed by atoms with Crippen LogP contribution in [0.25, 0.3) is 0 Å². The number of carbonyl (C=O) groups excluding carboxylic acids is 4. The number of nitrogens with two attached hydrogens (primary N) is 1. The van der Waals surface area contributed by atoms with Crippen molar-refractivity contribution in [2.45, 2.75) is 174 Å². The maximum atomic E-state index is 15.3. The van der Waals surface area contributed by atoms with E-state index in [-0.39, 0.29) is 53.0 Å². The first-order valence-corrected chi connectivity index (χ1v) is 34.2. The number of unbranched alkanes of at least 4 members (excludes halogenated alkanes) is 4. The fraction of sp³-hybridized carbons (Fsp3) is 0.447. The van der Waals surface area contributed by atoms with Crippen molar-refractivity contribution in [2.75, 3.05) is 44.7 Å². The second-order valence-electron chi connectivity index (χ2n) is 26.3. The minimum absolute atomic E-state index is 0. The van der Waals surface area contributed by atoms with Crippen LogP contribution in [0.1, 0.15) is 122 Å². The number of benzene rings is 6. The normalized spacial score (nSPS) is 16.7. The van der Waals surface area contributed by atoms with Crippen LogP contribution in [0.5, 0.6) is 11.5 Å². The van der Waals surface area contributed by atoms with Crippen LogP contribution in [-0.2, 0) is 58.1 Å². The van der Waals surface area contributed by atoms with E-state index < -0.39 is 77.3 Å². The molecule has 6 atom stereocenters. The molecule has 0 aromatic heterocycles. The van der Waals surface area contributed by atoms with Crippen LogP contribution in [-0.4, -0.2) is 151 Å². The van der Waals surface area contributed by atoms with Crippen LogP contribution in [0.15, 0.2) is 170 Å². The molecule has 0 bridgehead atoms. The van der Waals surface area contributed by atoms with Crippen molar-refractivity contribution >= 4 is 39.9 Å². The van der Waals surface area contributed by atoms with Crippen LogP contribution < -0.4 is 15.2 Å². The number of amides is 4. The molecule has 2 aliphatic heterocycles. The number of hydrogen-bond acceptors (Lipinski definition) is 12. The summed E-state index contributed by atoms with van der Waals surface area (Å²) in [6, 6.07) is 43.6. The summed E-state index contributed by atoms with van der Waals surface area (Å²) in [4.78, 5) is 63.4. The van der Waals surface area contributed by atoms with Gasteiger partial charge in [-0.05, 0) is 131 Å². The van der Waals surface area contributed by atoms with E-state index in [9.17, 15) is 33.8 Å². The van der Waals surface area contributed by atoms with Crippen molar-refractivity contribution in [1.29, 1.82) is 0 Å². The first kappa shape index (κ1) is 74.7. The van der Waals surface area contributed by atoms with E-state index in [1.165, 1.54) is 34.1 Å². The van der Waals surface area contributed by atoms with Gasteiger partial charge in [0, 0.05) is 83.3 Å². The predicted octanol–water partition coefficient (Wildman–Crippen LogP) is 13.5. The highest BCUT2D eigenvalue weighted by Crippen LogP contribution is 2.30. The summed E-state index contributed by atoms with van der Waals surface area (Å²) in [7, 11) is 0. The lowest BCUT2D eigenvalue weighted by atomic mass is 9.91. The van der Waals surface area contributed by atoms with Crippen molar-refractivity contribution in [2.24, 2.45) is 5.73 Å². The van der Waals surface area contributed by atoms with Crippen LogP contribution in [0.2, 0.25) is 0 Å². The molecule has 6 aromatic carbocycles. The van der Waals surface area contributed by atoms with E-state index >= 15 is 4.39 Å². The molecule has 2 saturated heterocycles. The molecular formula is C76H99BrF2N6O10. The average Bonchev–Trinajstić information content (AvgIpc) is 0.791. The molecule has 8 rings (SSSR count). The molecule has 2 fully saturated rings. The Balaban J connectivity index is 0.000000316. The Morgan fingerprint density at radius 1 is 0.589 bits per heavy atom. The quantitative estimate of drug-likeness (QED) is 0.0229. The average molecular weight is 1370 g/mol. The van der Waals surface area contributed by atoms with E-state index in [0.717, 1.165) is 66.1 Å². The summed E-state index contributed by atoms with van der Waals surface area (Å²) in [6.07, 6.45) is 6.06. The fourth-order valence-corrected chi connectivity index (χ4v) is 11.9. The summed E-state index contributed by atoms with van der Waals surface area (Å²) in [5.41, 5.74) is 9.78. The fourth-order valence-electron chi connectivity index (χ4n) is 11.6. The molecule has 4 N–H and O–H groups in total. The molecule has 4 amide bonds. The standard InChI is InChI=1S/C45H53BrFN3O5.C31H44FN3O5.H2/c1-45(2,3)55-44(53)50-25-24-48(31-34-17-9-6-10-18-34)43(52)41(50)42(51)40(29-37-27-38(47)30-39(28-37)54-26-16-5-4-15-23-46)49(32-35-19-11-7-12-20-35)33-36-21-13-8-14-22-36;1-5-6-7-11-16-39-25-18-23(17-24(32)20-25)19-26(33)28(36)27-29(37)34(21-22-12-9-8-10-13-22)14-15-35(27)30(38)40-31(2,3)4;/h5-14,16-22,27-28,30,40-42,51H,4,15,23-26,29,31-33H2,1-3H3;8-10,12-13,17-18,20,26-28,36H,5-7,11,14-16,19,21,33H2,1-4H3;1H/t40-,41+,42+;26-,27-,28-;/m10./s1. The molecular weight excluding hydrogens is 1270 g/mol. The van der Waals surface area contributed by atoms with Gasteiger partial charge < -0.3 is 44.7 Å². The highest BCUT2D eigenvalue weighted by molar-refractivity contribution is 9.09. The number of allylic oxidation sites excluding steroid dienone is 1. The van der Waals surface area contributed by atoms with Crippen LogP contribution in [0.4, 0.5) is 18.4 Å². The number of nitrogens with zero attached hydrogens (tertiary/aromatic N) is 5. The van der Waals surface area contributed by atoms with E-state index in [1.54, 1.807) is 63.5 Å². The number of piperazine rings is 2. The number of ether oxygens (including phenoxy) is 4. The van der Waals surface area contributed by atoms with Gasteiger partial charge in [-0.3, -0.25) is 24.3 Å². The van der Waals surface area contributed by atoms with Crippen LogP contribution in [0.3, 0.4) is 0 Å². The Morgan fingerprint density at radius 2 is 1.03 bits per heavy atom. The first-order chi connectivity index (χ1) is 45.5. The monoisotopic (exact) mass is 1370 g/mol. The second-order valence-corrected chi connectivity index (χ2v) is 27.1. The Bertz CT molecular complexity index is 3330. The second kappa shape index (κ2) is 37.0. The summed E-state index contributed by atoms with van der Waals surface area (Å²) < 4.78 is 52.8. The van der Waals surface area contributed by atoms with Crippen molar-refractivity contribution in [3.63, 3.8) is 0 Å². The first-order valence-electron chi connectivity index (χ1n) is 33.1. The Morgan fingerprint density at radius 3 is 1.48 bits per heavy atom. The van der Waals surface area contributed by atoms with Crippen molar-refractivity contribution in [1.82, 2.24) is 24.5 Å². The van der Waals surface area contributed by atoms with Crippen molar-refractivity contribution in [3.05, 3.63) is 215 Å². The number of aliphatic hydroxyl groups excluding tert-OH is 2. The third-order valence-electron chi connectivity index (χ3n) is 16.2. The van der Waals surface area contributed by atoms with Gasteiger partial charge in [-0.25, -0.2) is 18.4 Å². The molecule has 514 valence electrons. The third-order valence-corrected chi connectivity index (χ3v) is 16.7. The van der Waals surface area contributed by atoms with E-state index in [4.69, 9.17) is 24.7 Å². The third kappa shape index (κ3) is 24.2. The lowest BCUT2D eigenvalue weighted by molar-refractivity contribution is -0.150. The van der Waals surface area contributed by atoms with Gasteiger partial charge in [0.05, 0.1) is 18.8 Å². The molecule has 2 aliphatic rings. The zero-order valence-electron chi connectivity index (χ0n) is 56.2. The maximum Gasteiger partial charge on any atom is 0.411 e. The molecule has 0 aliphatic carbocycles. The highest BCUT2D eigenvalue weighted by atomic mass is 79.9. The molecule has 19 heteroatoms. The summed E-state index contributed by atoms with van der Waals surface area (Å²) in [5.74, 6) is -0.983. The number of alkyl halides is 1. The molecule has 95 heavy (non-hydrogen) atoms. The predicted molar refractivity (Wildman–Crippen MR) is 373 cm³/mol. The Kier molecular flexibility index (Phi) is 29.1. The topological polar surface area (TPSA) is 188 Å². The Labute approximate surface area is 570 Å². The number of halogens is 3. The van der Waals surface area contributed by atoms with Gasteiger partial charge >= 0.3 is 12.2 Å². The minimum Gasteiger partial charge on any atom is -0.493 e. The molecule has 0 unspecified atom stereocenters. The van der Waals surface area contributed by atoms with Gasteiger partial charge in [-0.2, -0.15) is 0 Å². The molecule has 6 aromatic rings. The van der Waals surface area contributed by atoms with Gasteiger partial charge in [0.25, 0.3) is 0 Å². The zero-order valence-corrected chi connectivity index (χ0v) is 57.8. The van der Waals surface area contributed by atoms with Crippen molar-refractivity contribution < 1.29 is 58.5 Å². The number of hydrogen-bond donors (Lipinski definition) is 3. The Hall–Kier alpha value is -7.68. The lowest BCUT2D eigenvalue weighted by Gasteiger charge is -2.46. The molecule has 0 spiro atoms. The van der Waals surface area contributed by atoms with Gasteiger partial charge in [0.1, 0.15) is 53.0 Å². The molecule has 0 saturated carbocycles. The van der Waals surface area contributed by atoms with E-state index in [1.807, 2.05) is 133 Å². The van der Waals surface area contributed by atoms with E-state index in [0.29, 0.717) is 55.4 Å². The van der Waals surface area contributed by atoms with Crippen molar-refractivity contribution in [3.8, 4) is 11.5 Å². The maximum absolute atomic E-state index is 15.3. The minimum atomic E-state index is -1.42. The molecule has 0 radical (unpaired) electrons. The SMILES string of the molecule is CC(C)(C)OC(=O)N1CCN(Cc2ccccc2)C(=O)[C@@H]1[C@@H](O)[C@@H](Cc1cc(F)cc(OCC=CCCCBr)c1)N(Cc1ccccc1)Cc1ccccc1.CCCCCCOc1cc(F)cc(C[C@H](N)[C@H](O)[C@H]2C(=O)N(Cc3ccccc3)CCN2C(=O)OC(C)(C)C)c1.[HH]. The van der Waals surface area contributed by atoms with Crippen LogP contribution in [0, 0.1) is 11.6 Å². The van der Waals surface area contributed by atoms with E-state index in [2.05, 4.69) is 27.8 Å². The molecule has 2 heterocycles. The van der Waals surface area contributed by atoms with Gasteiger partial charge in [0.2, 0.25) is 11.8 Å². The summed E-state index contributed by atoms with van der Waals surface area (Å²) in [5, 5.41) is 25.1. The largest absolute Gasteiger partial charge is 0.493 e. The lowest BCUT2D eigenvalue weighted by Crippen LogP contribution is -2.66. The van der Waals surface area contributed by atoms with Gasteiger partial charge in [-0.1, -0.05) is 176 Å². The summed E-state index contributed by atoms with van der Waals surface area (Å²) in [6.45, 7) is 15.8. The number of rotatable bonds is 29. The van der Waals surface area contributed by atoms with Gasteiger partial charge in [0.15, 0.2) is 0 Å². The summed E-state index contributed by atoms with van der Waals surface area (Å²) >= 11 is 3.44. The number of aliphatic hydroxyl groups is 2. The zero-order chi connectivity index (χ0) is 68.5. The molecule has 16 nitrogen and oxygen atoms in total. The number of carbonyl (C=O) groups is 4. The van der Waals surface area contributed by atoms with Crippen LogP contribution >= 0.6 is 15.9 Å². The van der Waals surface area contributed by atoms with Gasteiger partial charge in [-0.15, -0.1) is 0 Å². The highest BCUT2D eigenvalue weighted by Gasteiger charge is 2.48.